The van der Waals surface area contributed by atoms with Crippen LogP contribution in [0.25, 0.3) is 0 Å². The van der Waals surface area contributed by atoms with Crippen LogP contribution in [0.2, 0.25) is 0 Å². The Morgan fingerprint density at radius 3 is 2.45 bits per heavy atom. The Bertz CT molecular complexity index is 664. The van der Waals surface area contributed by atoms with Gasteiger partial charge in [-0.3, -0.25) is 5.41 Å². The smallest absolute Gasteiger partial charge is 0.176 e. The van der Waals surface area contributed by atoms with Crippen molar-refractivity contribution in [3.8, 4) is 0 Å². The number of thiocarbonyl (C=S) groups is 1. The van der Waals surface area contributed by atoms with E-state index in [4.69, 9.17) is 17.6 Å². The number of thioether (sulfide) groups is 1. The fourth-order valence-electron chi connectivity index (χ4n) is 4.00. The molecule has 0 amide bonds. The molecule has 1 aromatic rings. The molecular formula is C22H35N5S2. The fraction of sp³-hybridized carbons (Fsp3) is 0.636. The lowest BCUT2D eigenvalue weighted by molar-refractivity contribution is 0.208. The Morgan fingerprint density at radius 1 is 1.17 bits per heavy atom. The van der Waals surface area contributed by atoms with Gasteiger partial charge in [0.05, 0.1) is 0 Å². The van der Waals surface area contributed by atoms with Gasteiger partial charge in [-0.2, -0.15) is 0 Å². The van der Waals surface area contributed by atoms with Crippen molar-refractivity contribution in [1.29, 1.82) is 5.41 Å². The minimum atomic E-state index is 0.403. The molecule has 29 heavy (non-hydrogen) atoms. The van der Waals surface area contributed by atoms with Crippen LogP contribution in [0.4, 0.5) is 11.4 Å². The Balaban J connectivity index is 1.41. The van der Waals surface area contributed by atoms with Gasteiger partial charge in [-0.25, -0.2) is 0 Å². The summed E-state index contributed by atoms with van der Waals surface area (Å²) in [6.07, 6.45) is 6.42. The van der Waals surface area contributed by atoms with Crippen LogP contribution in [0.3, 0.4) is 0 Å². The summed E-state index contributed by atoms with van der Waals surface area (Å²) in [6, 6.07) is 9.28. The van der Waals surface area contributed by atoms with Gasteiger partial charge in [0.25, 0.3) is 0 Å². The van der Waals surface area contributed by atoms with Crippen LogP contribution in [-0.2, 0) is 0 Å². The van der Waals surface area contributed by atoms with E-state index in [1.54, 1.807) is 0 Å². The van der Waals surface area contributed by atoms with E-state index in [1.807, 2.05) is 0 Å². The zero-order valence-electron chi connectivity index (χ0n) is 17.7. The number of benzene rings is 1. The van der Waals surface area contributed by atoms with Crippen molar-refractivity contribution >= 4 is 45.6 Å². The maximum Gasteiger partial charge on any atom is 0.176 e. The van der Waals surface area contributed by atoms with Gasteiger partial charge >= 0.3 is 0 Å². The van der Waals surface area contributed by atoms with Crippen molar-refractivity contribution in [3.63, 3.8) is 0 Å². The van der Waals surface area contributed by atoms with Gasteiger partial charge in [0.15, 0.2) is 10.3 Å². The van der Waals surface area contributed by atoms with Crippen molar-refractivity contribution in [2.45, 2.75) is 52.0 Å². The number of likely N-dealkylation sites (tertiary alicyclic amines) is 1. The number of nitrogens with zero attached hydrogens (tertiary/aromatic N) is 2. The van der Waals surface area contributed by atoms with E-state index >= 15 is 0 Å². The molecule has 0 radical (unpaired) electrons. The summed E-state index contributed by atoms with van der Waals surface area (Å²) in [7, 11) is 0. The van der Waals surface area contributed by atoms with Crippen LogP contribution in [0.1, 0.15) is 46.0 Å². The van der Waals surface area contributed by atoms with Crippen LogP contribution < -0.4 is 15.5 Å². The third-order valence-electron chi connectivity index (χ3n) is 6.05. The summed E-state index contributed by atoms with van der Waals surface area (Å²) in [4.78, 5) is 5.19. The highest BCUT2D eigenvalue weighted by Crippen LogP contribution is 2.26. The van der Waals surface area contributed by atoms with Crippen molar-refractivity contribution in [2.24, 2.45) is 5.92 Å². The fourth-order valence-corrected chi connectivity index (χ4v) is 5.14. The lowest BCUT2D eigenvalue weighted by Gasteiger charge is -2.37. The molecule has 0 saturated carbocycles. The van der Waals surface area contributed by atoms with E-state index in [0.717, 1.165) is 37.0 Å². The lowest BCUT2D eigenvalue weighted by Crippen LogP contribution is -2.43. The first kappa shape index (κ1) is 22.4. The average molecular weight is 434 g/mol. The Kier molecular flexibility index (Phi) is 8.63. The summed E-state index contributed by atoms with van der Waals surface area (Å²) in [5.74, 6) is 1.55. The van der Waals surface area contributed by atoms with Gasteiger partial charge in [-0.1, -0.05) is 32.0 Å². The minimum absolute atomic E-state index is 0.403. The molecule has 2 aliphatic heterocycles. The number of hydrogen-bond donors (Lipinski definition) is 3. The van der Waals surface area contributed by atoms with Gasteiger partial charge in [0.1, 0.15) is 0 Å². The topological polar surface area (TPSA) is 54.4 Å². The molecule has 2 aliphatic rings. The molecule has 0 spiro atoms. The maximum atomic E-state index is 8.01. The quantitative estimate of drug-likeness (QED) is 0.342. The molecule has 160 valence electrons. The van der Waals surface area contributed by atoms with Gasteiger partial charge in [-0.15, -0.1) is 0 Å². The van der Waals surface area contributed by atoms with E-state index in [0.29, 0.717) is 16.2 Å². The van der Waals surface area contributed by atoms with Crippen molar-refractivity contribution < 1.29 is 0 Å². The van der Waals surface area contributed by atoms with Crippen LogP contribution in [0, 0.1) is 11.3 Å². The molecule has 1 atom stereocenters. The van der Waals surface area contributed by atoms with Crippen molar-refractivity contribution in [1.82, 2.24) is 10.2 Å². The number of hydrogen-bond acceptors (Lipinski definition) is 5. The van der Waals surface area contributed by atoms with Crippen LogP contribution >= 0.6 is 24.0 Å². The monoisotopic (exact) mass is 433 g/mol. The van der Waals surface area contributed by atoms with E-state index in [2.05, 4.69) is 58.5 Å². The van der Waals surface area contributed by atoms with Crippen molar-refractivity contribution in [3.05, 3.63) is 24.3 Å². The number of piperidine rings is 1. The second kappa shape index (κ2) is 11.2. The molecule has 3 N–H and O–H groups in total. The second-order valence-corrected chi connectivity index (χ2v) is 9.68. The molecule has 3 rings (SSSR count). The first-order chi connectivity index (χ1) is 14.0. The Labute approximate surface area is 185 Å². The van der Waals surface area contributed by atoms with Gasteiger partial charge in [0.2, 0.25) is 0 Å². The molecule has 1 aromatic carbocycles. The van der Waals surface area contributed by atoms with E-state index < -0.39 is 0 Å². The third kappa shape index (κ3) is 6.86. The van der Waals surface area contributed by atoms with E-state index in [1.165, 1.54) is 56.2 Å². The summed E-state index contributed by atoms with van der Waals surface area (Å²) in [5.41, 5.74) is 2.24. The predicted octanol–water partition coefficient (Wildman–Crippen LogP) is 4.75. The number of rotatable bonds is 6. The zero-order chi connectivity index (χ0) is 20.6. The molecule has 5 nitrogen and oxygen atoms in total. The standard InChI is InChI=1S/C22H35N5S2/c1-3-17(2)16-29-21(23)25-22(28)24-18-6-8-19(9-7-18)27-14-10-20(11-15-27)26-12-4-5-13-26/h6-9,17,20H,3-5,10-16H2,1-2H3,(H3,23,24,25,28). The molecule has 2 saturated heterocycles. The predicted molar refractivity (Wildman–Crippen MR) is 131 cm³/mol. The molecule has 0 aromatic heterocycles. The second-order valence-electron chi connectivity index (χ2n) is 8.24. The van der Waals surface area contributed by atoms with E-state index in [-0.39, 0.29) is 0 Å². The van der Waals surface area contributed by atoms with Gasteiger partial charge in [0, 0.05) is 36.3 Å². The average Bonchev–Trinajstić information content (AvgIpc) is 3.27. The van der Waals surface area contributed by atoms with Crippen LogP contribution in [0.5, 0.6) is 0 Å². The molecule has 0 bridgehead atoms. The molecule has 7 heteroatoms. The summed E-state index contributed by atoms with van der Waals surface area (Å²) in [6.45, 7) is 9.25. The highest BCUT2D eigenvalue weighted by Gasteiger charge is 2.26. The zero-order valence-corrected chi connectivity index (χ0v) is 19.4. The highest BCUT2D eigenvalue weighted by molar-refractivity contribution is 8.13. The SMILES string of the molecule is CCC(C)CSC(=N)NC(=S)Nc1ccc(N2CCC(N3CCCC3)CC2)cc1. The normalized spacial score (nSPS) is 19.2. The summed E-state index contributed by atoms with van der Waals surface area (Å²) >= 11 is 6.87. The lowest BCUT2D eigenvalue weighted by atomic mass is 10.0. The molecule has 0 aliphatic carbocycles. The third-order valence-corrected chi connectivity index (χ3v) is 7.38. The van der Waals surface area contributed by atoms with Crippen LogP contribution in [0.15, 0.2) is 24.3 Å². The first-order valence-electron chi connectivity index (χ1n) is 10.9. The molecule has 1 unspecified atom stereocenters. The van der Waals surface area contributed by atoms with E-state index in [9.17, 15) is 0 Å². The Hall–Kier alpha value is -1.31. The first-order valence-corrected chi connectivity index (χ1v) is 12.3. The van der Waals surface area contributed by atoms with Crippen molar-refractivity contribution in [2.75, 3.05) is 42.1 Å². The highest BCUT2D eigenvalue weighted by atomic mass is 32.2. The molecule has 2 fully saturated rings. The Morgan fingerprint density at radius 2 is 1.83 bits per heavy atom. The van der Waals surface area contributed by atoms with Gasteiger partial charge in [-0.05, 0) is 81.2 Å². The number of nitrogens with one attached hydrogen (secondary N) is 3. The largest absolute Gasteiger partial charge is 0.371 e. The molecular weight excluding hydrogens is 398 g/mol. The summed E-state index contributed by atoms with van der Waals surface area (Å²) in [5, 5.41) is 15.1. The summed E-state index contributed by atoms with van der Waals surface area (Å²) < 4.78 is 0. The number of anilines is 2. The minimum Gasteiger partial charge on any atom is -0.371 e. The van der Waals surface area contributed by atoms with Gasteiger partial charge < -0.3 is 20.4 Å². The van der Waals surface area contributed by atoms with Crippen LogP contribution in [-0.4, -0.2) is 53.2 Å². The molecule has 2 heterocycles. The number of amidine groups is 1. The maximum absolute atomic E-state index is 8.01.